The number of halogens is 13. The molecular weight excluding hydrogens is 345 g/mol. The first-order valence-electron chi connectivity index (χ1n) is 4.46. The Morgan fingerprint density at radius 2 is 0.762 bits per heavy atom. The van der Waals surface area contributed by atoms with E-state index in [1.807, 2.05) is 0 Å². The summed E-state index contributed by atoms with van der Waals surface area (Å²) in [6, 6.07) is 0. The molecule has 0 radical (unpaired) electrons. The molecule has 0 spiro atoms. The molecular formula is C7H4F13N. The van der Waals surface area contributed by atoms with E-state index in [0.29, 0.717) is 0 Å². The van der Waals surface area contributed by atoms with E-state index in [9.17, 15) is 57.1 Å². The molecule has 0 bridgehead atoms. The van der Waals surface area contributed by atoms with Gasteiger partial charge in [-0.15, -0.1) is 0 Å². The van der Waals surface area contributed by atoms with E-state index in [2.05, 4.69) is 0 Å². The molecule has 0 saturated carbocycles. The van der Waals surface area contributed by atoms with Crippen LogP contribution in [-0.2, 0) is 0 Å². The molecule has 0 fully saturated rings. The smallest absolute Gasteiger partial charge is 0.294 e. The minimum atomic E-state index is -7.61. The van der Waals surface area contributed by atoms with Crippen molar-refractivity contribution in [3.8, 4) is 0 Å². The first-order chi connectivity index (χ1) is 8.81. The molecule has 0 aromatic carbocycles. The van der Waals surface area contributed by atoms with E-state index in [0.717, 1.165) is 0 Å². The quantitative estimate of drug-likeness (QED) is 0.762. The Kier molecular flexibility index (Phi) is 4.56. The molecule has 0 aliphatic heterocycles. The zero-order valence-corrected chi connectivity index (χ0v) is 9.41. The summed E-state index contributed by atoms with van der Waals surface area (Å²) in [5.41, 5.74) is -6.80. The van der Waals surface area contributed by atoms with Crippen LogP contribution in [0.3, 0.4) is 0 Å². The van der Waals surface area contributed by atoms with Gasteiger partial charge in [0.05, 0.1) is 0 Å². The van der Waals surface area contributed by atoms with Gasteiger partial charge in [-0.1, -0.05) is 0 Å². The van der Waals surface area contributed by atoms with Gasteiger partial charge in [-0.3, -0.25) is 5.32 Å². The summed E-state index contributed by atoms with van der Waals surface area (Å²) >= 11 is 0. The molecule has 0 saturated heterocycles. The Balaban J connectivity index is 6.60. The maximum Gasteiger partial charge on any atom is 0.459 e. The van der Waals surface area contributed by atoms with Crippen LogP contribution >= 0.6 is 0 Å². The lowest BCUT2D eigenvalue weighted by Gasteiger charge is -2.44. The number of hydrogen-bond acceptors (Lipinski definition) is 1. The summed E-state index contributed by atoms with van der Waals surface area (Å²) in [7, 11) is -0.471. The highest BCUT2D eigenvalue weighted by molar-refractivity contribution is 5.16. The van der Waals surface area contributed by atoms with Gasteiger partial charge in [0.25, 0.3) is 5.54 Å². The standard InChI is InChI=1S/C7H4F13N/c1-21-2(5(12,13)14,6(15,16)17)3(8,9)4(10,11)7(18,19)20/h21H,1H3. The fraction of sp³-hybridized carbons (Fsp3) is 1.00. The Bertz CT molecular complexity index is 357. The largest absolute Gasteiger partial charge is 0.459 e. The van der Waals surface area contributed by atoms with Crippen molar-refractivity contribution < 1.29 is 57.1 Å². The Labute approximate surface area is 107 Å². The van der Waals surface area contributed by atoms with E-state index >= 15 is 0 Å². The third-order valence-electron chi connectivity index (χ3n) is 2.45. The van der Waals surface area contributed by atoms with Crippen LogP contribution < -0.4 is 5.32 Å². The summed E-state index contributed by atoms with van der Waals surface area (Å²) in [6.45, 7) is 0. The van der Waals surface area contributed by atoms with Crippen molar-refractivity contribution in [3.05, 3.63) is 0 Å². The molecule has 128 valence electrons. The van der Waals surface area contributed by atoms with Crippen molar-refractivity contribution in [2.24, 2.45) is 0 Å². The molecule has 0 aromatic heterocycles. The minimum absolute atomic E-state index is 0.166. The highest BCUT2D eigenvalue weighted by Crippen LogP contribution is 2.59. The van der Waals surface area contributed by atoms with Crippen LogP contribution in [0.2, 0.25) is 0 Å². The maximum atomic E-state index is 13.0. The summed E-state index contributed by atoms with van der Waals surface area (Å²) in [5.74, 6) is -15.2. The second kappa shape index (κ2) is 4.78. The SMILES string of the molecule is CNC(C(F)(F)F)(C(F)(F)F)C(F)(F)C(F)(F)C(F)(F)F. The van der Waals surface area contributed by atoms with Gasteiger partial charge in [0, 0.05) is 0 Å². The van der Waals surface area contributed by atoms with Gasteiger partial charge < -0.3 is 0 Å². The molecule has 0 atom stereocenters. The number of hydrogen-bond donors (Lipinski definition) is 1. The summed E-state index contributed by atoms with van der Waals surface area (Å²) in [6.07, 6.45) is -21.8. The summed E-state index contributed by atoms with van der Waals surface area (Å²) < 4.78 is 160. The van der Waals surface area contributed by atoms with Crippen LogP contribution in [0.5, 0.6) is 0 Å². The molecule has 1 N–H and O–H groups in total. The topological polar surface area (TPSA) is 12.0 Å². The molecule has 21 heavy (non-hydrogen) atoms. The fourth-order valence-electron chi connectivity index (χ4n) is 1.37. The Morgan fingerprint density at radius 1 is 0.476 bits per heavy atom. The van der Waals surface area contributed by atoms with Gasteiger partial charge >= 0.3 is 30.4 Å². The lowest BCUT2D eigenvalue weighted by Crippen LogP contribution is -2.80. The van der Waals surface area contributed by atoms with E-state index in [1.165, 1.54) is 0 Å². The lowest BCUT2D eigenvalue weighted by atomic mass is 9.85. The predicted octanol–water partition coefficient (Wildman–Crippen LogP) is 3.90. The van der Waals surface area contributed by atoms with Gasteiger partial charge in [0.1, 0.15) is 0 Å². The third kappa shape index (κ3) is 2.50. The molecule has 0 rings (SSSR count). The predicted molar refractivity (Wildman–Crippen MR) is 39.8 cm³/mol. The maximum absolute atomic E-state index is 13.0. The lowest BCUT2D eigenvalue weighted by molar-refractivity contribution is -0.432. The molecule has 14 heteroatoms. The molecule has 0 aromatic rings. The average molecular weight is 349 g/mol. The number of nitrogens with one attached hydrogen (secondary N) is 1. The Hall–Kier alpha value is -0.950. The van der Waals surface area contributed by atoms with E-state index in [-0.39, 0.29) is 5.32 Å². The highest BCUT2D eigenvalue weighted by Gasteiger charge is 2.92. The second-order valence-corrected chi connectivity index (χ2v) is 3.64. The molecule has 0 heterocycles. The normalized spacial score (nSPS) is 16.3. The minimum Gasteiger partial charge on any atom is -0.294 e. The molecule has 0 amide bonds. The third-order valence-corrected chi connectivity index (χ3v) is 2.45. The van der Waals surface area contributed by atoms with E-state index < -0.39 is 43.0 Å². The summed E-state index contributed by atoms with van der Waals surface area (Å²) in [4.78, 5) is 0. The van der Waals surface area contributed by atoms with Crippen LogP contribution in [0.15, 0.2) is 0 Å². The van der Waals surface area contributed by atoms with Crippen molar-refractivity contribution in [1.29, 1.82) is 0 Å². The van der Waals surface area contributed by atoms with Crippen LogP contribution in [-0.4, -0.2) is 43.0 Å². The van der Waals surface area contributed by atoms with Crippen molar-refractivity contribution in [2.75, 3.05) is 7.05 Å². The van der Waals surface area contributed by atoms with Gasteiger partial charge in [-0.05, 0) is 7.05 Å². The highest BCUT2D eigenvalue weighted by atomic mass is 19.4. The molecule has 0 aliphatic carbocycles. The molecule has 1 nitrogen and oxygen atoms in total. The van der Waals surface area contributed by atoms with Gasteiger partial charge in [-0.2, -0.15) is 57.1 Å². The van der Waals surface area contributed by atoms with Crippen molar-refractivity contribution >= 4 is 0 Å². The van der Waals surface area contributed by atoms with Gasteiger partial charge in [0.15, 0.2) is 0 Å². The first kappa shape index (κ1) is 20.1. The van der Waals surface area contributed by atoms with Gasteiger partial charge in [0.2, 0.25) is 0 Å². The van der Waals surface area contributed by atoms with Crippen molar-refractivity contribution in [2.45, 2.75) is 35.9 Å². The number of rotatable bonds is 3. The monoisotopic (exact) mass is 349 g/mol. The van der Waals surface area contributed by atoms with Gasteiger partial charge in [-0.25, -0.2) is 0 Å². The van der Waals surface area contributed by atoms with Crippen LogP contribution in [0.1, 0.15) is 0 Å². The van der Waals surface area contributed by atoms with Crippen molar-refractivity contribution in [3.63, 3.8) is 0 Å². The molecule has 0 unspecified atom stereocenters. The summed E-state index contributed by atoms with van der Waals surface area (Å²) in [5, 5.41) is -0.166. The van der Waals surface area contributed by atoms with Crippen molar-refractivity contribution in [1.82, 2.24) is 5.32 Å². The van der Waals surface area contributed by atoms with Crippen LogP contribution in [0.4, 0.5) is 57.1 Å². The zero-order valence-electron chi connectivity index (χ0n) is 9.41. The fourth-order valence-corrected chi connectivity index (χ4v) is 1.37. The zero-order chi connectivity index (χ0) is 17.7. The van der Waals surface area contributed by atoms with E-state index in [1.54, 1.807) is 0 Å². The molecule has 0 aliphatic rings. The Morgan fingerprint density at radius 3 is 0.905 bits per heavy atom. The van der Waals surface area contributed by atoms with Crippen LogP contribution in [0.25, 0.3) is 0 Å². The second-order valence-electron chi connectivity index (χ2n) is 3.64. The number of alkyl halides is 13. The van der Waals surface area contributed by atoms with E-state index in [4.69, 9.17) is 0 Å². The average Bonchev–Trinajstić information content (AvgIpc) is 2.11. The first-order valence-corrected chi connectivity index (χ1v) is 4.46. The van der Waals surface area contributed by atoms with Crippen LogP contribution in [0, 0.1) is 0 Å².